The van der Waals surface area contributed by atoms with Gasteiger partial charge in [-0.2, -0.15) is 5.10 Å². The fourth-order valence-corrected chi connectivity index (χ4v) is 2.54. The fraction of sp³-hybridized carbons (Fsp3) is 0.211. The lowest BCUT2D eigenvalue weighted by atomic mass is 10.0. The number of nitrogens with one attached hydrogen (secondary N) is 2. The van der Waals surface area contributed by atoms with Crippen molar-refractivity contribution >= 4 is 41.2 Å². The lowest BCUT2D eigenvalue weighted by Gasteiger charge is -2.20. The summed E-state index contributed by atoms with van der Waals surface area (Å²) in [5, 5.41) is 16.5. The van der Waals surface area contributed by atoms with Crippen molar-refractivity contribution in [3.05, 3.63) is 63.6 Å². The summed E-state index contributed by atoms with van der Waals surface area (Å²) in [6.07, 6.45) is 1.40. The third-order valence-corrected chi connectivity index (χ3v) is 4.42. The van der Waals surface area contributed by atoms with Crippen LogP contribution in [0.4, 0.5) is 0 Å². The number of benzene rings is 2. The lowest BCUT2D eigenvalue weighted by molar-refractivity contribution is -0.123. The molecule has 0 heterocycles. The van der Waals surface area contributed by atoms with E-state index < -0.39 is 17.9 Å². The number of phenols is 1. The van der Waals surface area contributed by atoms with E-state index in [1.54, 1.807) is 26.0 Å². The summed E-state index contributed by atoms with van der Waals surface area (Å²) in [7, 11) is 0. The molecule has 0 aliphatic rings. The van der Waals surface area contributed by atoms with E-state index in [9.17, 15) is 14.7 Å². The van der Waals surface area contributed by atoms with Gasteiger partial charge in [0, 0.05) is 5.56 Å². The van der Waals surface area contributed by atoms with Gasteiger partial charge in [-0.05, 0) is 41.8 Å². The Morgan fingerprint density at radius 1 is 1.11 bits per heavy atom. The van der Waals surface area contributed by atoms with Gasteiger partial charge in [0.25, 0.3) is 11.8 Å². The highest BCUT2D eigenvalue weighted by molar-refractivity contribution is 6.42. The van der Waals surface area contributed by atoms with Crippen molar-refractivity contribution in [2.24, 2.45) is 11.0 Å². The number of phenolic OH excluding ortho intramolecular Hbond substituents is 1. The first-order valence-corrected chi connectivity index (χ1v) is 8.91. The first-order chi connectivity index (χ1) is 12.8. The Balaban J connectivity index is 2.03. The standard InChI is InChI=1S/C19H19Cl2N3O3/c1-11(2)17(23-18(26)13-6-7-15(20)16(21)9-13)19(27)24-22-10-12-4-3-5-14(25)8-12/h3-11,17,25H,1-2H3,(H,23,26)(H,24,27). The molecule has 142 valence electrons. The molecule has 1 atom stereocenters. The van der Waals surface area contributed by atoms with Gasteiger partial charge in [0.1, 0.15) is 11.8 Å². The number of carbonyl (C=O) groups excluding carboxylic acids is 2. The van der Waals surface area contributed by atoms with E-state index in [0.29, 0.717) is 16.1 Å². The number of carbonyl (C=O) groups is 2. The maximum Gasteiger partial charge on any atom is 0.262 e. The summed E-state index contributed by atoms with van der Waals surface area (Å²) in [5.74, 6) is -0.985. The molecule has 8 heteroatoms. The molecule has 3 N–H and O–H groups in total. The van der Waals surface area contributed by atoms with Gasteiger partial charge in [0.2, 0.25) is 0 Å². The van der Waals surface area contributed by atoms with Crippen LogP contribution in [-0.4, -0.2) is 29.2 Å². The molecule has 2 aromatic rings. The maximum atomic E-state index is 12.4. The van der Waals surface area contributed by atoms with E-state index in [1.165, 1.54) is 36.5 Å². The molecule has 6 nitrogen and oxygen atoms in total. The molecule has 27 heavy (non-hydrogen) atoms. The van der Waals surface area contributed by atoms with Gasteiger partial charge in [-0.3, -0.25) is 9.59 Å². The van der Waals surface area contributed by atoms with Crippen LogP contribution in [0.1, 0.15) is 29.8 Å². The highest BCUT2D eigenvalue weighted by Gasteiger charge is 2.24. The van der Waals surface area contributed by atoms with Crippen LogP contribution in [0, 0.1) is 5.92 Å². The van der Waals surface area contributed by atoms with E-state index in [-0.39, 0.29) is 16.7 Å². The molecule has 0 aliphatic carbocycles. The highest BCUT2D eigenvalue weighted by Crippen LogP contribution is 2.22. The first kappa shape index (κ1) is 20.7. The van der Waals surface area contributed by atoms with Crippen LogP contribution in [0.25, 0.3) is 0 Å². The van der Waals surface area contributed by atoms with E-state index in [1.807, 2.05) is 0 Å². The van der Waals surface area contributed by atoms with Gasteiger partial charge >= 0.3 is 0 Å². The average Bonchev–Trinajstić information content (AvgIpc) is 2.61. The predicted molar refractivity (Wildman–Crippen MR) is 106 cm³/mol. The Kier molecular flexibility index (Phi) is 7.21. The van der Waals surface area contributed by atoms with Gasteiger partial charge < -0.3 is 10.4 Å². The molecule has 0 saturated heterocycles. The Hall–Kier alpha value is -2.57. The maximum absolute atomic E-state index is 12.4. The minimum absolute atomic E-state index is 0.0965. The fourth-order valence-electron chi connectivity index (χ4n) is 2.24. The Morgan fingerprint density at radius 3 is 2.48 bits per heavy atom. The molecule has 0 aromatic heterocycles. The van der Waals surface area contributed by atoms with Crippen molar-refractivity contribution in [2.75, 3.05) is 0 Å². The smallest absolute Gasteiger partial charge is 0.262 e. The molecule has 2 aromatic carbocycles. The largest absolute Gasteiger partial charge is 0.508 e. The van der Waals surface area contributed by atoms with Crippen molar-refractivity contribution < 1.29 is 14.7 Å². The molecular weight excluding hydrogens is 389 g/mol. The summed E-state index contributed by atoms with van der Waals surface area (Å²) in [6.45, 7) is 3.61. The number of hydrazone groups is 1. The monoisotopic (exact) mass is 407 g/mol. The van der Waals surface area contributed by atoms with Gasteiger partial charge in [-0.25, -0.2) is 5.43 Å². The molecule has 2 rings (SSSR count). The summed E-state index contributed by atoms with van der Waals surface area (Å²) >= 11 is 11.8. The summed E-state index contributed by atoms with van der Waals surface area (Å²) in [5.41, 5.74) is 3.32. The van der Waals surface area contributed by atoms with E-state index in [2.05, 4.69) is 15.8 Å². The zero-order valence-corrected chi connectivity index (χ0v) is 16.3. The molecule has 2 amide bonds. The second-order valence-electron chi connectivity index (χ2n) is 6.15. The van der Waals surface area contributed by atoms with Gasteiger partial charge in [-0.15, -0.1) is 0 Å². The Labute approximate surface area is 167 Å². The Bertz CT molecular complexity index is 869. The van der Waals surface area contributed by atoms with Crippen LogP contribution in [-0.2, 0) is 4.79 Å². The van der Waals surface area contributed by atoms with Crippen molar-refractivity contribution in [2.45, 2.75) is 19.9 Å². The quantitative estimate of drug-likeness (QED) is 0.504. The highest BCUT2D eigenvalue weighted by atomic mass is 35.5. The molecule has 0 radical (unpaired) electrons. The van der Waals surface area contributed by atoms with Crippen LogP contribution in [0.3, 0.4) is 0 Å². The summed E-state index contributed by atoms with van der Waals surface area (Å²) in [6, 6.07) is 10.1. The molecular formula is C19H19Cl2N3O3. The van der Waals surface area contributed by atoms with Crippen LogP contribution in [0.15, 0.2) is 47.6 Å². The summed E-state index contributed by atoms with van der Waals surface area (Å²) < 4.78 is 0. The van der Waals surface area contributed by atoms with Crippen molar-refractivity contribution in [3.8, 4) is 5.75 Å². The molecule has 0 bridgehead atoms. The summed E-state index contributed by atoms with van der Waals surface area (Å²) in [4.78, 5) is 24.8. The molecule has 0 fully saturated rings. The van der Waals surface area contributed by atoms with Gasteiger partial charge in [0.15, 0.2) is 0 Å². The third-order valence-electron chi connectivity index (χ3n) is 3.68. The first-order valence-electron chi connectivity index (χ1n) is 8.16. The molecule has 0 aliphatic heterocycles. The zero-order valence-electron chi connectivity index (χ0n) is 14.7. The number of rotatable bonds is 6. The van der Waals surface area contributed by atoms with Crippen LogP contribution in [0.2, 0.25) is 10.0 Å². The molecule has 1 unspecified atom stereocenters. The van der Waals surface area contributed by atoms with E-state index >= 15 is 0 Å². The average molecular weight is 408 g/mol. The Morgan fingerprint density at radius 2 is 1.85 bits per heavy atom. The minimum atomic E-state index is -0.798. The molecule has 0 spiro atoms. The van der Waals surface area contributed by atoms with Crippen molar-refractivity contribution in [3.63, 3.8) is 0 Å². The number of aromatic hydroxyl groups is 1. The normalized spacial score (nSPS) is 12.2. The predicted octanol–water partition coefficient (Wildman–Crippen LogP) is 3.60. The number of hydrogen-bond donors (Lipinski definition) is 3. The number of halogens is 2. The van der Waals surface area contributed by atoms with Crippen molar-refractivity contribution in [1.82, 2.24) is 10.7 Å². The SMILES string of the molecule is CC(C)C(NC(=O)c1ccc(Cl)c(Cl)c1)C(=O)NN=Cc1cccc(O)c1. The lowest BCUT2D eigenvalue weighted by Crippen LogP contribution is -2.48. The van der Waals surface area contributed by atoms with Crippen LogP contribution >= 0.6 is 23.2 Å². The minimum Gasteiger partial charge on any atom is -0.508 e. The zero-order chi connectivity index (χ0) is 20.0. The third kappa shape index (κ3) is 5.98. The van der Waals surface area contributed by atoms with E-state index in [0.717, 1.165) is 0 Å². The number of nitrogens with zero attached hydrogens (tertiary/aromatic N) is 1. The number of hydrogen-bond acceptors (Lipinski definition) is 4. The van der Waals surface area contributed by atoms with Crippen molar-refractivity contribution in [1.29, 1.82) is 0 Å². The second kappa shape index (κ2) is 9.39. The topological polar surface area (TPSA) is 90.8 Å². The number of amides is 2. The van der Waals surface area contributed by atoms with Gasteiger partial charge in [-0.1, -0.05) is 49.2 Å². The van der Waals surface area contributed by atoms with Crippen LogP contribution in [0.5, 0.6) is 5.75 Å². The second-order valence-corrected chi connectivity index (χ2v) is 6.97. The molecule has 0 saturated carbocycles. The van der Waals surface area contributed by atoms with Gasteiger partial charge in [0.05, 0.1) is 16.3 Å². The van der Waals surface area contributed by atoms with E-state index in [4.69, 9.17) is 23.2 Å². The van der Waals surface area contributed by atoms with Crippen LogP contribution < -0.4 is 10.7 Å².